The Morgan fingerprint density at radius 2 is 1.74 bits per heavy atom. The first-order chi connectivity index (χ1) is 12.5. The quantitative estimate of drug-likeness (QED) is 0.532. The molecule has 2 rings (SSSR count). The highest BCUT2D eigenvalue weighted by Crippen LogP contribution is 2.31. The normalized spacial score (nSPS) is 11.7. The minimum absolute atomic E-state index is 0.0267. The number of anilines is 1. The van der Waals surface area contributed by atoms with Gasteiger partial charge in [0.05, 0.1) is 4.90 Å². The van der Waals surface area contributed by atoms with Gasteiger partial charge in [0.2, 0.25) is 0 Å². The Kier molecular flexibility index (Phi) is 6.12. The van der Waals surface area contributed by atoms with Gasteiger partial charge in [-0.25, -0.2) is 4.79 Å². The third kappa shape index (κ3) is 5.97. The molecule has 146 valence electrons. The number of nitrogens with one attached hydrogen (secondary N) is 2. The number of ether oxygens (including phenoxy) is 1. The SMILES string of the molecule is Cc1ccc(OCNC(=O)Nc2ccc(S(=O)(=O)O)cc2)c(C(C)(C)C)c1. The van der Waals surface area contributed by atoms with Gasteiger partial charge in [-0.3, -0.25) is 4.55 Å². The predicted molar refractivity (Wildman–Crippen MR) is 104 cm³/mol. The topological polar surface area (TPSA) is 105 Å². The molecular formula is C19H24N2O5S. The lowest BCUT2D eigenvalue weighted by Gasteiger charge is -2.23. The molecule has 0 unspecified atom stereocenters. The van der Waals surface area contributed by atoms with Crippen molar-refractivity contribution in [1.82, 2.24) is 5.32 Å². The fraction of sp³-hybridized carbons (Fsp3) is 0.316. The lowest BCUT2D eigenvalue weighted by molar-refractivity contribution is 0.233. The average molecular weight is 392 g/mol. The molecule has 0 spiro atoms. The van der Waals surface area contributed by atoms with E-state index in [9.17, 15) is 13.2 Å². The van der Waals surface area contributed by atoms with E-state index in [1.165, 1.54) is 24.3 Å². The number of hydrogen-bond donors (Lipinski definition) is 3. The van der Waals surface area contributed by atoms with Crippen LogP contribution in [0.2, 0.25) is 0 Å². The van der Waals surface area contributed by atoms with Crippen molar-refractivity contribution in [3.05, 3.63) is 53.6 Å². The van der Waals surface area contributed by atoms with Crippen LogP contribution in [0, 0.1) is 6.92 Å². The Hall–Kier alpha value is -2.58. The molecule has 3 N–H and O–H groups in total. The number of carbonyl (C=O) groups excluding carboxylic acids is 1. The molecule has 7 nitrogen and oxygen atoms in total. The Morgan fingerprint density at radius 3 is 2.30 bits per heavy atom. The largest absolute Gasteiger partial charge is 0.473 e. The van der Waals surface area contributed by atoms with Crippen molar-refractivity contribution in [3.63, 3.8) is 0 Å². The molecule has 0 saturated carbocycles. The van der Waals surface area contributed by atoms with Crippen molar-refractivity contribution in [1.29, 1.82) is 0 Å². The third-order valence-corrected chi connectivity index (χ3v) is 4.68. The van der Waals surface area contributed by atoms with E-state index in [1.807, 2.05) is 19.1 Å². The van der Waals surface area contributed by atoms with Gasteiger partial charge in [-0.05, 0) is 48.2 Å². The molecule has 2 aromatic rings. The first-order valence-electron chi connectivity index (χ1n) is 8.33. The van der Waals surface area contributed by atoms with E-state index in [2.05, 4.69) is 37.5 Å². The zero-order valence-corrected chi connectivity index (χ0v) is 16.6. The second-order valence-electron chi connectivity index (χ2n) is 7.17. The summed E-state index contributed by atoms with van der Waals surface area (Å²) in [6.45, 7) is 8.25. The zero-order valence-electron chi connectivity index (χ0n) is 15.7. The Labute approximate surface area is 159 Å². The molecule has 2 aromatic carbocycles. The van der Waals surface area contributed by atoms with Crippen LogP contribution in [0.5, 0.6) is 5.75 Å². The van der Waals surface area contributed by atoms with Crippen LogP contribution in [0.25, 0.3) is 0 Å². The number of amides is 2. The maximum Gasteiger partial charge on any atom is 0.321 e. The maximum atomic E-state index is 12.0. The number of benzene rings is 2. The highest BCUT2D eigenvalue weighted by atomic mass is 32.2. The van der Waals surface area contributed by atoms with E-state index in [1.54, 1.807) is 0 Å². The van der Waals surface area contributed by atoms with Gasteiger partial charge in [-0.15, -0.1) is 0 Å². The van der Waals surface area contributed by atoms with Gasteiger partial charge in [0, 0.05) is 5.69 Å². The number of urea groups is 1. The van der Waals surface area contributed by atoms with Crippen LogP contribution in [0.4, 0.5) is 10.5 Å². The zero-order chi connectivity index (χ0) is 20.2. The highest BCUT2D eigenvalue weighted by molar-refractivity contribution is 7.85. The van der Waals surface area contributed by atoms with E-state index in [0.717, 1.165) is 11.1 Å². The standard InChI is InChI=1S/C19H24N2O5S/c1-13-5-10-17(16(11-13)19(2,3)4)26-12-20-18(22)21-14-6-8-15(9-7-14)27(23,24)25/h5-11H,12H2,1-4H3,(H2,20,21,22)(H,23,24,25). The van der Waals surface area contributed by atoms with Gasteiger partial charge in [0.25, 0.3) is 10.1 Å². The molecule has 0 radical (unpaired) electrons. The first kappa shape index (κ1) is 20.7. The molecule has 2 amide bonds. The Bertz CT molecular complexity index is 916. The lowest BCUT2D eigenvalue weighted by atomic mass is 9.85. The summed E-state index contributed by atoms with van der Waals surface area (Å²) in [6.07, 6.45) is 0. The smallest absolute Gasteiger partial charge is 0.321 e. The minimum atomic E-state index is -4.26. The van der Waals surface area contributed by atoms with Gasteiger partial charge in [-0.2, -0.15) is 8.42 Å². The van der Waals surface area contributed by atoms with Crippen molar-refractivity contribution in [2.45, 2.75) is 38.0 Å². The monoisotopic (exact) mass is 392 g/mol. The van der Waals surface area contributed by atoms with E-state index < -0.39 is 16.1 Å². The second-order valence-corrected chi connectivity index (χ2v) is 8.59. The number of carbonyl (C=O) groups is 1. The third-order valence-electron chi connectivity index (χ3n) is 3.81. The minimum Gasteiger partial charge on any atom is -0.473 e. The Morgan fingerprint density at radius 1 is 1.11 bits per heavy atom. The summed E-state index contributed by atoms with van der Waals surface area (Å²) in [6, 6.07) is 10.5. The van der Waals surface area contributed by atoms with Gasteiger partial charge in [0.1, 0.15) is 5.75 Å². The van der Waals surface area contributed by atoms with Crippen molar-refractivity contribution in [3.8, 4) is 5.75 Å². The predicted octanol–water partition coefficient (Wildman–Crippen LogP) is 3.70. The molecule has 0 saturated heterocycles. The molecule has 0 bridgehead atoms. The van der Waals surface area contributed by atoms with Crippen molar-refractivity contribution >= 4 is 21.8 Å². The summed E-state index contributed by atoms with van der Waals surface area (Å²) in [7, 11) is -4.26. The van der Waals surface area contributed by atoms with Crippen LogP contribution in [0.15, 0.2) is 47.4 Å². The molecule has 0 aliphatic heterocycles. The summed E-state index contributed by atoms with van der Waals surface area (Å²) >= 11 is 0. The summed E-state index contributed by atoms with van der Waals surface area (Å²) in [5.74, 6) is 0.700. The fourth-order valence-corrected chi connectivity index (χ4v) is 2.90. The molecule has 0 aromatic heterocycles. The van der Waals surface area contributed by atoms with Crippen molar-refractivity contribution in [2.75, 3.05) is 12.0 Å². The molecule has 27 heavy (non-hydrogen) atoms. The molecule has 0 aliphatic carbocycles. The van der Waals surface area contributed by atoms with Gasteiger partial charge in [0.15, 0.2) is 6.73 Å². The lowest BCUT2D eigenvalue weighted by Crippen LogP contribution is -2.32. The summed E-state index contributed by atoms with van der Waals surface area (Å²) < 4.78 is 36.6. The molecule has 0 atom stereocenters. The molecule has 0 aliphatic rings. The van der Waals surface area contributed by atoms with Gasteiger partial charge < -0.3 is 15.4 Å². The summed E-state index contributed by atoms with van der Waals surface area (Å²) in [5.41, 5.74) is 2.46. The first-order valence-corrected chi connectivity index (χ1v) is 9.77. The summed E-state index contributed by atoms with van der Waals surface area (Å²) in [4.78, 5) is 11.7. The van der Waals surface area contributed by atoms with E-state index in [4.69, 9.17) is 9.29 Å². The molecular weight excluding hydrogens is 368 g/mol. The van der Waals surface area contributed by atoms with Crippen LogP contribution < -0.4 is 15.4 Å². The van der Waals surface area contributed by atoms with Crippen molar-refractivity contribution < 1.29 is 22.5 Å². The van der Waals surface area contributed by atoms with Crippen LogP contribution in [-0.2, 0) is 15.5 Å². The van der Waals surface area contributed by atoms with Crippen LogP contribution in [0.1, 0.15) is 31.9 Å². The average Bonchev–Trinajstić information content (AvgIpc) is 2.55. The molecule has 8 heteroatoms. The number of aryl methyl sites for hydroxylation is 1. The van der Waals surface area contributed by atoms with Crippen molar-refractivity contribution in [2.24, 2.45) is 0 Å². The van der Waals surface area contributed by atoms with Crippen LogP contribution >= 0.6 is 0 Å². The van der Waals surface area contributed by atoms with E-state index in [-0.39, 0.29) is 17.0 Å². The number of hydrogen-bond acceptors (Lipinski definition) is 4. The highest BCUT2D eigenvalue weighted by Gasteiger charge is 2.19. The Balaban J connectivity index is 1.94. The van der Waals surface area contributed by atoms with E-state index in [0.29, 0.717) is 11.4 Å². The summed E-state index contributed by atoms with van der Waals surface area (Å²) in [5, 5.41) is 5.13. The van der Waals surface area contributed by atoms with Gasteiger partial charge >= 0.3 is 6.03 Å². The maximum absolute atomic E-state index is 12.0. The van der Waals surface area contributed by atoms with Crippen LogP contribution in [0.3, 0.4) is 0 Å². The fourth-order valence-electron chi connectivity index (χ4n) is 2.42. The molecule has 0 heterocycles. The number of rotatable bonds is 5. The van der Waals surface area contributed by atoms with Gasteiger partial charge in [-0.1, -0.05) is 38.5 Å². The molecule has 0 fully saturated rings. The van der Waals surface area contributed by atoms with Crippen LogP contribution in [-0.4, -0.2) is 25.7 Å². The van der Waals surface area contributed by atoms with E-state index >= 15 is 0 Å². The second kappa shape index (κ2) is 7.98.